The molecule has 102 valence electrons. The predicted octanol–water partition coefficient (Wildman–Crippen LogP) is 3.12. The monoisotopic (exact) mass is 268 g/mol. The second-order valence-electron chi connectivity index (χ2n) is 5.09. The van der Waals surface area contributed by atoms with E-state index in [1.165, 1.54) is 19.3 Å². The molecule has 2 atom stereocenters. The van der Waals surface area contributed by atoms with Crippen LogP contribution in [0.4, 0.5) is 5.13 Å². The van der Waals surface area contributed by atoms with E-state index >= 15 is 0 Å². The molecule has 4 nitrogen and oxygen atoms in total. The average Bonchev–Trinajstić information content (AvgIpc) is 2.96. The molecule has 0 aliphatic carbocycles. The highest BCUT2D eigenvalue weighted by Gasteiger charge is 2.29. The van der Waals surface area contributed by atoms with Crippen LogP contribution in [-0.4, -0.2) is 33.7 Å². The smallest absolute Gasteiger partial charge is 0.205 e. The van der Waals surface area contributed by atoms with Crippen molar-refractivity contribution in [2.75, 3.05) is 11.9 Å². The van der Waals surface area contributed by atoms with E-state index in [4.69, 9.17) is 0 Å². The minimum atomic E-state index is 0.686. The van der Waals surface area contributed by atoms with Gasteiger partial charge in [-0.1, -0.05) is 25.2 Å². The summed E-state index contributed by atoms with van der Waals surface area (Å²) < 4.78 is 0. The summed E-state index contributed by atoms with van der Waals surface area (Å²) in [6.45, 7) is 8.71. The van der Waals surface area contributed by atoms with Crippen LogP contribution in [-0.2, 0) is 6.54 Å². The molecule has 2 unspecified atom stereocenters. The molecule has 0 amide bonds. The van der Waals surface area contributed by atoms with Crippen molar-refractivity contribution in [1.82, 2.24) is 15.1 Å². The normalized spacial score (nSPS) is 24.6. The van der Waals surface area contributed by atoms with E-state index in [0.29, 0.717) is 6.04 Å². The molecule has 1 aromatic rings. The van der Waals surface area contributed by atoms with Crippen molar-refractivity contribution in [3.8, 4) is 0 Å². The van der Waals surface area contributed by atoms with Gasteiger partial charge in [-0.05, 0) is 32.6 Å². The second-order valence-corrected chi connectivity index (χ2v) is 6.15. The minimum Gasteiger partial charge on any atom is -0.360 e. The van der Waals surface area contributed by atoms with Gasteiger partial charge in [0, 0.05) is 18.6 Å². The molecule has 1 aliphatic rings. The van der Waals surface area contributed by atoms with Crippen molar-refractivity contribution < 1.29 is 0 Å². The summed E-state index contributed by atoms with van der Waals surface area (Å²) in [7, 11) is 0. The highest BCUT2D eigenvalue weighted by atomic mass is 32.1. The Morgan fingerprint density at radius 3 is 2.89 bits per heavy atom. The van der Waals surface area contributed by atoms with Gasteiger partial charge in [0.15, 0.2) is 0 Å². The maximum absolute atomic E-state index is 4.30. The van der Waals surface area contributed by atoms with Gasteiger partial charge in [0.25, 0.3) is 0 Å². The number of aromatic nitrogens is 2. The van der Waals surface area contributed by atoms with Gasteiger partial charge in [-0.3, -0.25) is 4.90 Å². The molecule has 1 aliphatic heterocycles. The number of nitrogens with one attached hydrogen (secondary N) is 1. The molecule has 0 saturated carbocycles. The summed E-state index contributed by atoms with van der Waals surface area (Å²) in [6.07, 6.45) is 5.01. The summed E-state index contributed by atoms with van der Waals surface area (Å²) in [4.78, 5) is 2.59. The van der Waals surface area contributed by atoms with Crippen LogP contribution >= 0.6 is 11.3 Å². The lowest BCUT2D eigenvalue weighted by Crippen LogP contribution is -2.33. The summed E-state index contributed by atoms with van der Waals surface area (Å²) in [5.41, 5.74) is 0. The van der Waals surface area contributed by atoms with Gasteiger partial charge >= 0.3 is 0 Å². The Labute approximate surface area is 114 Å². The molecule has 1 aromatic heterocycles. The third-order valence-corrected chi connectivity index (χ3v) is 4.60. The van der Waals surface area contributed by atoms with E-state index in [1.807, 2.05) is 0 Å². The molecule has 2 heterocycles. The lowest BCUT2D eigenvalue weighted by Gasteiger charge is -2.26. The van der Waals surface area contributed by atoms with Gasteiger partial charge in [0.05, 0.1) is 6.54 Å². The highest BCUT2D eigenvalue weighted by molar-refractivity contribution is 7.15. The first-order chi connectivity index (χ1) is 8.74. The van der Waals surface area contributed by atoms with E-state index in [-0.39, 0.29) is 0 Å². The van der Waals surface area contributed by atoms with Crippen molar-refractivity contribution >= 4 is 16.5 Å². The lowest BCUT2D eigenvalue weighted by atomic mass is 10.2. The fraction of sp³-hybridized carbons (Fsp3) is 0.846. The topological polar surface area (TPSA) is 41.1 Å². The van der Waals surface area contributed by atoms with E-state index in [2.05, 4.69) is 41.2 Å². The summed E-state index contributed by atoms with van der Waals surface area (Å²) >= 11 is 1.70. The Bertz CT molecular complexity index is 366. The Balaban J connectivity index is 1.93. The molecular weight excluding hydrogens is 244 g/mol. The number of nitrogens with zero attached hydrogens (tertiary/aromatic N) is 3. The molecule has 0 bridgehead atoms. The first kappa shape index (κ1) is 13.7. The summed E-state index contributed by atoms with van der Waals surface area (Å²) in [5.74, 6) is 0. The Kier molecular flexibility index (Phi) is 4.95. The van der Waals surface area contributed by atoms with Gasteiger partial charge in [-0.2, -0.15) is 0 Å². The van der Waals surface area contributed by atoms with Gasteiger partial charge in [0.2, 0.25) is 5.13 Å². The lowest BCUT2D eigenvalue weighted by molar-refractivity contribution is 0.189. The van der Waals surface area contributed by atoms with Crippen LogP contribution in [0.5, 0.6) is 0 Å². The first-order valence-electron chi connectivity index (χ1n) is 7.06. The molecule has 0 radical (unpaired) electrons. The van der Waals surface area contributed by atoms with E-state index in [0.717, 1.165) is 35.7 Å². The highest BCUT2D eigenvalue weighted by Crippen LogP contribution is 2.29. The summed E-state index contributed by atoms with van der Waals surface area (Å²) in [5, 5.41) is 13.9. The third kappa shape index (κ3) is 3.20. The van der Waals surface area contributed by atoms with Crippen LogP contribution in [0.1, 0.15) is 51.5 Å². The second kappa shape index (κ2) is 6.48. The molecule has 18 heavy (non-hydrogen) atoms. The van der Waals surface area contributed by atoms with Crippen molar-refractivity contribution in [3.63, 3.8) is 0 Å². The average molecular weight is 268 g/mol. The molecule has 1 fully saturated rings. The molecule has 5 heteroatoms. The largest absolute Gasteiger partial charge is 0.360 e. The van der Waals surface area contributed by atoms with Gasteiger partial charge in [0.1, 0.15) is 5.01 Å². The van der Waals surface area contributed by atoms with E-state index in [1.54, 1.807) is 11.3 Å². The van der Waals surface area contributed by atoms with Crippen molar-refractivity contribution in [2.24, 2.45) is 0 Å². The zero-order valence-corrected chi connectivity index (χ0v) is 12.5. The first-order valence-corrected chi connectivity index (χ1v) is 7.88. The van der Waals surface area contributed by atoms with Crippen LogP contribution in [0.25, 0.3) is 0 Å². The van der Waals surface area contributed by atoms with Crippen LogP contribution in [0.2, 0.25) is 0 Å². The van der Waals surface area contributed by atoms with E-state index < -0.39 is 0 Å². The van der Waals surface area contributed by atoms with Crippen LogP contribution in [0, 0.1) is 0 Å². The maximum atomic E-state index is 4.30. The Hall–Kier alpha value is -0.680. The molecule has 0 aromatic carbocycles. The number of rotatable bonds is 6. The summed E-state index contributed by atoms with van der Waals surface area (Å²) in [6, 6.07) is 1.42. The van der Waals surface area contributed by atoms with Gasteiger partial charge < -0.3 is 5.32 Å². The Morgan fingerprint density at radius 1 is 1.33 bits per heavy atom. The maximum Gasteiger partial charge on any atom is 0.205 e. The molecular formula is C13H24N4S. The fourth-order valence-corrected chi connectivity index (χ4v) is 3.40. The number of anilines is 1. The van der Waals surface area contributed by atoms with Crippen LogP contribution < -0.4 is 5.32 Å². The number of hydrogen-bond donors (Lipinski definition) is 1. The minimum absolute atomic E-state index is 0.686. The van der Waals surface area contributed by atoms with Crippen LogP contribution in [0.3, 0.4) is 0 Å². The number of hydrogen-bond acceptors (Lipinski definition) is 5. The predicted molar refractivity (Wildman–Crippen MR) is 77.0 cm³/mol. The fourth-order valence-electron chi connectivity index (χ4n) is 2.63. The molecule has 1 saturated heterocycles. The third-order valence-electron chi connectivity index (χ3n) is 3.73. The van der Waals surface area contributed by atoms with Crippen LogP contribution in [0.15, 0.2) is 0 Å². The SMILES string of the molecule is CCCNc1nnc(CN2C(C)CCC2CC)s1. The van der Waals surface area contributed by atoms with Crippen molar-refractivity contribution in [2.45, 2.75) is 65.1 Å². The standard InChI is InChI=1S/C13H24N4S/c1-4-8-14-13-16-15-12(18-13)9-17-10(3)6-7-11(17)5-2/h10-11H,4-9H2,1-3H3,(H,14,16). The van der Waals surface area contributed by atoms with E-state index in [9.17, 15) is 0 Å². The molecule has 2 rings (SSSR count). The quantitative estimate of drug-likeness (QED) is 0.860. The van der Waals surface area contributed by atoms with Crippen molar-refractivity contribution in [1.29, 1.82) is 0 Å². The molecule has 0 spiro atoms. The Morgan fingerprint density at radius 2 is 2.17 bits per heavy atom. The van der Waals surface area contributed by atoms with Gasteiger partial charge in [-0.15, -0.1) is 10.2 Å². The number of likely N-dealkylation sites (tertiary alicyclic amines) is 1. The van der Waals surface area contributed by atoms with Crippen molar-refractivity contribution in [3.05, 3.63) is 5.01 Å². The zero-order valence-electron chi connectivity index (χ0n) is 11.6. The zero-order chi connectivity index (χ0) is 13.0. The van der Waals surface area contributed by atoms with Gasteiger partial charge in [-0.25, -0.2) is 0 Å². The molecule has 1 N–H and O–H groups in total.